The predicted molar refractivity (Wildman–Crippen MR) is 90.3 cm³/mol. The molecular weight excluding hydrogens is 286 g/mol. The fraction of sp³-hybridized carbons (Fsp3) is 0.0526. The van der Waals surface area contributed by atoms with Gasteiger partial charge in [-0.1, -0.05) is 18.2 Å². The van der Waals surface area contributed by atoms with Crippen molar-refractivity contribution in [3.8, 4) is 23.1 Å². The number of aromatic nitrogens is 2. The van der Waals surface area contributed by atoms with Gasteiger partial charge in [0.15, 0.2) is 0 Å². The van der Waals surface area contributed by atoms with Gasteiger partial charge in [0.25, 0.3) is 0 Å². The number of hydrogen-bond acceptors (Lipinski definition) is 3. The molecule has 4 heteroatoms. The summed E-state index contributed by atoms with van der Waals surface area (Å²) in [6, 6.07) is 17.8. The lowest BCUT2D eigenvalue weighted by atomic mass is 10.0. The maximum Gasteiger partial charge on any atom is 0.120 e. The first kappa shape index (κ1) is 13.4. The van der Waals surface area contributed by atoms with E-state index in [4.69, 9.17) is 9.72 Å². The van der Waals surface area contributed by atoms with Crippen molar-refractivity contribution in [1.29, 1.82) is 5.26 Å². The van der Waals surface area contributed by atoms with Gasteiger partial charge in [0.05, 0.1) is 23.9 Å². The van der Waals surface area contributed by atoms with Crippen LogP contribution in [0.3, 0.4) is 0 Å². The van der Waals surface area contributed by atoms with Crippen molar-refractivity contribution >= 4 is 21.8 Å². The fourth-order valence-electron chi connectivity index (χ4n) is 2.83. The monoisotopic (exact) mass is 299 g/mol. The average molecular weight is 299 g/mol. The number of pyridine rings is 1. The van der Waals surface area contributed by atoms with Gasteiger partial charge in [0, 0.05) is 34.1 Å². The lowest BCUT2D eigenvalue weighted by Crippen LogP contribution is -1.90. The Kier molecular flexibility index (Phi) is 2.99. The summed E-state index contributed by atoms with van der Waals surface area (Å²) >= 11 is 0. The van der Waals surface area contributed by atoms with E-state index < -0.39 is 0 Å². The Morgan fingerprint density at radius 1 is 1.13 bits per heavy atom. The fourth-order valence-corrected chi connectivity index (χ4v) is 2.83. The van der Waals surface area contributed by atoms with Crippen LogP contribution in [0.15, 0.2) is 54.7 Å². The second kappa shape index (κ2) is 5.15. The van der Waals surface area contributed by atoms with Gasteiger partial charge in [0.2, 0.25) is 0 Å². The Bertz CT molecular complexity index is 1070. The van der Waals surface area contributed by atoms with E-state index >= 15 is 0 Å². The van der Waals surface area contributed by atoms with Crippen LogP contribution in [0.4, 0.5) is 0 Å². The number of hydrogen-bond donors (Lipinski definition) is 1. The lowest BCUT2D eigenvalue weighted by Gasteiger charge is -2.05. The molecule has 0 unspecified atom stereocenters. The molecule has 0 aliphatic rings. The Hall–Kier alpha value is -3.32. The van der Waals surface area contributed by atoms with Crippen molar-refractivity contribution in [3.63, 3.8) is 0 Å². The molecule has 0 radical (unpaired) electrons. The number of methoxy groups -OCH3 is 1. The predicted octanol–water partition coefficient (Wildman–Crippen LogP) is 4.26. The molecule has 0 fully saturated rings. The minimum atomic E-state index is 0.570. The summed E-state index contributed by atoms with van der Waals surface area (Å²) in [6.07, 6.45) is 1.89. The number of aromatic amines is 1. The summed E-state index contributed by atoms with van der Waals surface area (Å²) in [5.74, 6) is 0.790. The van der Waals surface area contributed by atoms with Crippen LogP contribution in [0, 0.1) is 11.3 Å². The van der Waals surface area contributed by atoms with Gasteiger partial charge >= 0.3 is 0 Å². The molecular formula is C19H13N3O. The van der Waals surface area contributed by atoms with Crippen molar-refractivity contribution in [1.82, 2.24) is 9.97 Å². The zero-order valence-corrected chi connectivity index (χ0v) is 12.5. The summed E-state index contributed by atoms with van der Waals surface area (Å²) in [6.45, 7) is 0. The third-order valence-electron chi connectivity index (χ3n) is 3.99. The van der Waals surface area contributed by atoms with Crippen LogP contribution < -0.4 is 4.74 Å². The lowest BCUT2D eigenvalue weighted by molar-refractivity contribution is 0.415. The first-order valence-electron chi connectivity index (χ1n) is 7.25. The number of benzene rings is 2. The van der Waals surface area contributed by atoms with Crippen LogP contribution in [-0.4, -0.2) is 17.1 Å². The highest BCUT2D eigenvalue weighted by Gasteiger charge is 2.13. The van der Waals surface area contributed by atoms with Crippen molar-refractivity contribution in [2.24, 2.45) is 0 Å². The second-order valence-corrected chi connectivity index (χ2v) is 5.30. The van der Waals surface area contributed by atoms with E-state index in [0.717, 1.165) is 33.1 Å². The summed E-state index contributed by atoms with van der Waals surface area (Å²) in [4.78, 5) is 7.94. The maximum absolute atomic E-state index is 9.51. The van der Waals surface area contributed by atoms with Gasteiger partial charge in [0.1, 0.15) is 11.8 Å². The number of para-hydroxylation sites is 1. The Morgan fingerprint density at radius 3 is 2.83 bits per heavy atom. The summed E-state index contributed by atoms with van der Waals surface area (Å²) < 4.78 is 5.25. The highest BCUT2D eigenvalue weighted by Crippen LogP contribution is 2.32. The van der Waals surface area contributed by atoms with Crippen molar-refractivity contribution in [2.75, 3.05) is 7.11 Å². The molecule has 0 amide bonds. The molecule has 0 saturated carbocycles. The highest BCUT2D eigenvalue weighted by atomic mass is 16.5. The molecule has 4 rings (SSSR count). The molecule has 0 atom stereocenters. The van der Waals surface area contributed by atoms with E-state index in [1.165, 1.54) is 0 Å². The van der Waals surface area contributed by atoms with E-state index in [1.807, 2.05) is 54.7 Å². The number of nitriles is 1. The van der Waals surface area contributed by atoms with Gasteiger partial charge in [-0.2, -0.15) is 5.26 Å². The Labute approximate surface area is 133 Å². The maximum atomic E-state index is 9.51. The van der Waals surface area contributed by atoms with Crippen molar-refractivity contribution in [3.05, 3.63) is 60.3 Å². The molecule has 2 aromatic carbocycles. The summed E-state index contributed by atoms with van der Waals surface area (Å²) in [5.41, 5.74) is 4.02. The van der Waals surface area contributed by atoms with E-state index in [1.54, 1.807) is 7.11 Å². The number of nitrogens with one attached hydrogen (secondary N) is 1. The first-order chi connectivity index (χ1) is 11.3. The zero-order chi connectivity index (χ0) is 15.8. The Balaban J connectivity index is 2.00. The average Bonchev–Trinajstić information content (AvgIpc) is 3.03. The summed E-state index contributed by atoms with van der Waals surface area (Å²) in [5, 5.41) is 11.5. The van der Waals surface area contributed by atoms with Crippen LogP contribution >= 0.6 is 0 Å². The van der Waals surface area contributed by atoms with Gasteiger partial charge in [-0.3, -0.25) is 0 Å². The standard InChI is InChI=1S/C19H13N3O/c1-23-14-6-7-15-16(11-21-18(15)9-14)19-13(10-20)8-12-4-2-3-5-17(12)22-19/h2-9,11,21H,1H3. The topological polar surface area (TPSA) is 61.7 Å². The molecule has 0 saturated heterocycles. The molecule has 2 aromatic heterocycles. The van der Waals surface area contributed by atoms with Crippen LogP contribution in [0.1, 0.15) is 5.56 Å². The Morgan fingerprint density at radius 2 is 2.00 bits per heavy atom. The van der Waals surface area contributed by atoms with Gasteiger partial charge in [-0.05, 0) is 24.3 Å². The van der Waals surface area contributed by atoms with Gasteiger partial charge in [-0.25, -0.2) is 4.98 Å². The third kappa shape index (κ3) is 2.11. The summed E-state index contributed by atoms with van der Waals surface area (Å²) in [7, 11) is 1.64. The van der Waals surface area contributed by atoms with Crippen LogP contribution in [0.5, 0.6) is 5.75 Å². The molecule has 4 aromatic rings. The van der Waals surface area contributed by atoms with E-state index in [0.29, 0.717) is 11.3 Å². The van der Waals surface area contributed by atoms with E-state index in [-0.39, 0.29) is 0 Å². The number of H-pyrrole nitrogens is 1. The molecule has 4 nitrogen and oxygen atoms in total. The van der Waals surface area contributed by atoms with Crippen LogP contribution in [0.2, 0.25) is 0 Å². The zero-order valence-electron chi connectivity index (χ0n) is 12.5. The minimum Gasteiger partial charge on any atom is -0.497 e. The molecule has 1 N–H and O–H groups in total. The molecule has 0 aliphatic carbocycles. The number of fused-ring (bicyclic) bond motifs is 2. The number of ether oxygens (including phenoxy) is 1. The molecule has 23 heavy (non-hydrogen) atoms. The quantitative estimate of drug-likeness (QED) is 0.601. The number of nitrogens with zero attached hydrogens (tertiary/aromatic N) is 2. The molecule has 0 bridgehead atoms. The SMILES string of the molecule is COc1ccc2c(-c3nc4ccccc4cc3C#N)c[nH]c2c1. The van der Waals surface area contributed by atoms with Gasteiger partial charge < -0.3 is 9.72 Å². The highest BCUT2D eigenvalue weighted by molar-refractivity contribution is 5.98. The number of rotatable bonds is 2. The molecule has 110 valence electrons. The smallest absolute Gasteiger partial charge is 0.120 e. The molecule has 0 spiro atoms. The first-order valence-corrected chi connectivity index (χ1v) is 7.25. The van der Waals surface area contributed by atoms with E-state index in [2.05, 4.69) is 11.1 Å². The van der Waals surface area contributed by atoms with Crippen molar-refractivity contribution < 1.29 is 4.74 Å². The van der Waals surface area contributed by atoms with Crippen molar-refractivity contribution in [2.45, 2.75) is 0 Å². The van der Waals surface area contributed by atoms with Crippen LogP contribution in [-0.2, 0) is 0 Å². The minimum absolute atomic E-state index is 0.570. The van der Waals surface area contributed by atoms with Crippen LogP contribution in [0.25, 0.3) is 33.1 Å². The van der Waals surface area contributed by atoms with Gasteiger partial charge in [-0.15, -0.1) is 0 Å². The third-order valence-corrected chi connectivity index (χ3v) is 3.99. The normalized spacial score (nSPS) is 10.8. The second-order valence-electron chi connectivity index (χ2n) is 5.30. The van der Waals surface area contributed by atoms with E-state index in [9.17, 15) is 5.26 Å². The molecule has 0 aliphatic heterocycles. The molecule has 2 heterocycles. The largest absolute Gasteiger partial charge is 0.497 e.